The average molecular weight is 508 g/mol. The molecule has 0 fully saturated rings. The fourth-order valence-corrected chi connectivity index (χ4v) is 4.50. The van der Waals surface area contributed by atoms with E-state index in [4.69, 9.17) is 21.1 Å². The van der Waals surface area contributed by atoms with Crippen molar-refractivity contribution in [3.63, 3.8) is 0 Å². The molecular weight excluding hydrogens is 474 g/mol. The molecule has 0 radical (unpaired) electrons. The summed E-state index contributed by atoms with van der Waals surface area (Å²) in [7, 11) is 0. The number of carbonyl (C=O) groups is 1. The summed E-state index contributed by atoms with van der Waals surface area (Å²) >= 11 is 6.25. The number of ether oxygens (including phenoxy) is 2. The first-order valence-electron chi connectivity index (χ1n) is 12.5. The number of nitrogens with one attached hydrogen (secondary N) is 1. The lowest BCUT2D eigenvalue weighted by molar-refractivity contribution is -0.122. The van der Waals surface area contributed by atoms with Crippen molar-refractivity contribution in [1.29, 1.82) is 0 Å². The van der Waals surface area contributed by atoms with Crippen molar-refractivity contribution in [3.8, 4) is 17.4 Å². The summed E-state index contributed by atoms with van der Waals surface area (Å²) in [6, 6.07) is 19.3. The second kappa shape index (κ2) is 12.2. The first-order valence-corrected chi connectivity index (χ1v) is 12.8. The Balaban J connectivity index is 1.47. The standard InChI is InChI=1S/C29H34ClN3O3/c1-29(2)15-8-18-33(20-27(34)31-17-14-22-9-3-4-11-24(22)30)19-23-10-7-16-32-28(23)36-26-13-6-5-12-25(26)35-21-29/h3-7,9-13,16H,8,14-15,17-21H2,1-2H3,(H,31,34). The summed E-state index contributed by atoms with van der Waals surface area (Å²) < 4.78 is 12.4. The summed E-state index contributed by atoms with van der Waals surface area (Å²) in [6.07, 6.45) is 4.33. The Morgan fingerprint density at radius 1 is 1.08 bits per heavy atom. The molecular formula is C29H34ClN3O3. The Bertz CT molecular complexity index is 1170. The highest BCUT2D eigenvalue weighted by molar-refractivity contribution is 6.31. The van der Waals surface area contributed by atoms with E-state index in [9.17, 15) is 4.79 Å². The van der Waals surface area contributed by atoms with Gasteiger partial charge in [-0.1, -0.05) is 61.8 Å². The highest BCUT2D eigenvalue weighted by atomic mass is 35.5. The Morgan fingerprint density at radius 3 is 2.69 bits per heavy atom. The molecule has 0 aliphatic carbocycles. The number of halogens is 1. The number of rotatable bonds is 5. The van der Waals surface area contributed by atoms with Crippen molar-refractivity contribution in [2.24, 2.45) is 5.41 Å². The molecule has 0 atom stereocenters. The van der Waals surface area contributed by atoms with Crippen LogP contribution in [0.15, 0.2) is 66.9 Å². The van der Waals surface area contributed by atoms with Gasteiger partial charge in [-0.05, 0) is 61.1 Å². The summed E-state index contributed by atoms with van der Waals surface area (Å²) in [4.78, 5) is 19.5. The zero-order valence-corrected chi connectivity index (χ0v) is 21.8. The van der Waals surface area contributed by atoms with Gasteiger partial charge in [-0.15, -0.1) is 0 Å². The quantitative estimate of drug-likeness (QED) is 0.466. The third-order valence-corrected chi connectivity index (χ3v) is 6.66. The maximum absolute atomic E-state index is 12.9. The van der Waals surface area contributed by atoms with Crippen LogP contribution in [0.25, 0.3) is 0 Å². The van der Waals surface area contributed by atoms with Gasteiger partial charge in [0.15, 0.2) is 11.5 Å². The maximum Gasteiger partial charge on any atom is 0.234 e. The molecule has 1 aromatic heterocycles. The summed E-state index contributed by atoms with van der Waals surface area (Å²) in [5.74, 6) is 1.86. The van der Waals surface area contributed by atoms with Gasteiger partial charge in [0.25, 0.3) is 0 Å². The van der Waals surface area contributed by atoms with Gasteiger partial charge in [-0.25, -0.2) is 4.98 Å². The lowest BCUT2D eigenvalue weighted by Gasteiger charge is -2.27. The van der Waals surface area contributed by atoms with Gasteiger partial charge in [-0.2, -0.15) is 0 Å². The van der Waals surface area contributed by atoms with Crippen molar-refractivity contribution in [1.82, 2.24) is 15.2 Å². The number of fused-ring (bicyclic) bond motifs is 2. The Labute approximate surface area is 218 Å². The van der Waals surface area contributed by atoms with Crippen molar-refractivity contribution in [2.45, 2.75) is 39.7 Å². The Hall–Kier alpha value is -3.09. The van der Waals surface area contributed by atoms with Gasteiger partial charge in [0.05, 0.1) is 13.2 Å². The van der Waals surface area contributed by atoms with Crippen LogP contribution in [0.1, 0.15) is 37.8 Å². The van der Waals surface area contributed by atoms with E-state index < -0.39 is 0 Å². The van der Waals surface area contributed by atoms with E-state index in [1.807, 2.05) is 60.7 Å². The number of hydrogen-bond donors (Lipinski definition) is 1. The minimum atomic E-state index is -0.0187. The normalized spacial score (nSPS) is 16.1. The molecule has 1 N–H and O–H groups in total. The summed E-state index contributed by atoms with van der Waals surface area (Å²) in [5, 5.41) is 3.77. The minimum Gasteiger partial charge on any atom is -0.489 e. The van der Waals surface area contributed by atoms with Crippen molar-refractivity contribution >= 4 is 17.5 Å². The number of pyridine rings is 1. The second-order valence-electron chi connectivity index (χ2n) is 9.97. The summed E-state index contributed by atoms with van der Waals surface area (Å²) in [6.45, 7) is 7.16. The molecule has 36 heavy (non-hydrogen) atoms. The predicted molar refractivity (Wildman–Crippen MR) is 143 cm³/mol. The molecule has 4 rings (SSSR count). The fourth-order valence-electron chi connectivity index (χ4n) is 4.27. The first kappa shape index (κ1) is 26.0. The van der Waals surface area contributed by atoms with Crippen molar-refractivity contribution in [2.75, 3.05) is 26.2 Å². The van der Waals surface area contributed by atoms with Gasteiger partial charge >= 0.3 is 0 Å². The van der Waals surface area contributed by atoms with Crippen LogP contribution in [0.3, 0.4) is 0 Å². The Morgan fingerprint density at radius 2 is 1.86 bits per heavy atom. The largest absolute Gasteiger partial charge is 0.489 e. The number of para-hydroxylation sites is 2. The molecule has 2 aromatic carbocycles. The van der Waals surface area contributed by atoms with Crippen molar-refractivity contribution < 1.29 is 14.3 Å². The number of amides is 1. The van der Waals surface area contributed by atoms with Crippen LogP contribution in [0.5, 0.6) is 17.4 Å². The SMILES string of the molecule is CC1(C)CCCN(CC(=O)NCCc2ccccc2Cl)Cc2cccnc2Oc2ccccc2OC1. The molecule has 0 spiro atoms. The van der Waals surface area contributed by atoms with E-state index >= 15 is 0 Å². The number of hydrogen-bond acceptors (Lipinski definition) is 5. The van der Waals surface area contributed by atoms with Gasteiger partial charge in [-0.3, -0.25) is 9.69 Å². The van der Waals surface area contributed by atoms with E-state index in [0.717, 1.165) is 35.5 Å². The topological polar surface area (TPSA) is 63.7 Å². The molecule has 1 amide bonds. The maximum atomic E-state index is 12.9. The number of aromatic nitrogens is 1. The highest BCUT2D eigenvalue weighted by Crippen LogP contribution is 2.34. The number of nitrogens with zero attached hydrogens (tertiary/aromatic N) is 2. The van der Waals surface area contributed by atoms with Crippen LogP contribution in [0.2, 0.25) is 5.02 Å². The van der Waals surface area contributed by atoms with Crippen molar-refractivity contribution in [3.05, 3.63) is 83.0 Å². The van der Waals surface area contributed by atoms with Crippen LogP contribution >= 0.6 is 11.6 Å². The number of benzene rings is 2. The third-order valence-electron chi connectivity index (χ3n) is 6.29. The molecule has 2 heterocycles. The second-order valence-corrected chi connectivity index (χ2v) is 10.4. The molecule has 0 unspecified atom stereocenters. The molecule has 6 nitrogen and oxygen atoms in total. The first-order chi connectivity index (χ1) is 17.4. The fraction of sp³-hybridized carbons (Fsp3) is 0.379. The molecule has 0 bridgehead atoms. The van der Waals surface area contributed by atoms with E-state index in [1.54, 1.807) is 6.20 Å². The Kier molecular flexibility index (Phi) is 8.83. The predicted octanol–water partition coefficient (Wildman–Crippen LogP) is 5.89. The molecule has 190 valence electrons. The molecule has 3 aromatic rings. The van der Waals surface area contributed by atoms with E-state index in [0.29, 0.717) is 50.0 Å². The smallest absolute Gasteiger partial charge is 0.234 e. The van der Waals surface area contributed by atoms with E-state index in [2.05, 4.69) is 29.0 Å². The van der Waals surface area contributed by atoms with Crippen LogP contribution in [-0.4, -0.2) is 42.0 Å². The highest BCUT2D eigenvalue weighted by Gasteiger charge is 2.23. The monoisotopic (exact) mass is 507 g/mol. The van der Waals surface area contributed by atoms with Crippen LogP contribution in [0, 0.1) is 5.41 Å². The van der Waals surface area contributed by atoms with E-state index in [-0.39, 0.29) is 11.3 Å². The molecule has 1 aliphatic heterocycles. The zero-order valence-electron chi connectivity index (χ0n) is 21.0. The zero-order chi connectivity index (χ0) is 25.4. The van der Waals surface area contributed by atoms with Gasteiger partial charge in [0.1, 0.15) is 0 Å². The molecule has 0 saturated carbocycles. The van der Waals surface area contributed by atoms with E-state index in [1.165, 1.54) is 0 Å². The summed E-state index contributed by atoms with van der Waals surface area (Å²) in [5.41, 5.74) is 1.94. The molecule has 1 aliphatic rings. The molecule has 7 heteroatoms. The number of carbonyl (C=O) groups excluding carboxylic acids is 1. The minimum absolute atomic E-state index is 0.00864. The lowest BCUT2D eigenvalue weighted by Crippen LogP contribution is -2.38. The van der Waals surface area contributed by atoms with Gasteiger partial charge in [0, 0.05) is 29.9 Å². The van der Waals surface area contributed by atoms with Gasteiger partial charge in [0.2, 0.25) is 11.8 Å². The molecule has 0 saturated heterocycles. The average Bonchev–Trinajstić information content (AvgIpc) is 2.86. The van der Waals surface area contributed by atoms with Crippen LogP contribution in [0.4, 0.5) is 0 Å². The van der Waals surface area contributed by atoms with Gasteiger partial charge < -0.3 is 14.8 Å². The third kappa shape index (κ3) is 7.45. The lowest BCUT2D eigenvalue weighted by atomic mass is 9.88. The van der Waals surface area contributed by atoms with Crippen LogP contribution in [-0.2, 0) is 17.8 Å². The van der Waals surface area contributed by atoms with Crippen LogP contribution < -0.4 is 14.8 Å².